The van der Waals surface area contributed by atoms with Crippen LogP contribution in [0.15, 0.2) is 66.7 Å². The van der Waals surface area contributed by atoms with Crippen molar-refractivity contribution in [3.8, 4) is 16.5 Å². The van der Waals surface area contributed by atoms with E-state index in [9.17, 15) is 0 Å². The molecule has 31 heavy (non-hydrogen) atoms. The first-order valence-electron chi connectivity index (χ1n) is 9.59. The predicted octanol–water partition coefficient (Wildman–Crippen LogP) is 3.77. The molecule has 0 unspecified atom stereocenters. The Hall–Kier alpha value is -3.46. The first-order chi connectivity index (χ1) is 15.0. The molecule has 0 radical (unpaired) electrons. The molecule has 8 heteroatoms. The number of hydrogen-bond acceptors (Lipinski definition) is 7. The molecule has 0 spiro atoms. The van der Waals surface area contributed by atoms with Crippen molar-refractivity contribution in [3.05, 3.63) is 77.9 Å². The van der Waals surface area contributed by atoms with Gasteiger partial charge in [-0.2, -0.15) is 0 Å². The van der Waals surface area contributed by atoms with Crippen molar-refractivity contribution in [1.29, 1.82) is 0 Å². The van der Waals surface area contributed by atoms with Crippen LogP contribution in [0, 0.1) is 6.92 Å². The van der Waals surface area contributed by atoms with Crippen LogP contribution in [0.3, 0.4) is 0 Å². The molecule has 4 aromatic rings. The van der Waals surface area contributed by atoms with Crippen molar-refractivity contribution in [2.75, 3.05) is 12.1 Å². The molecule has 5 N–H and O–H groups in total. The molecule has 0 saturated heterocycles. The lowest BCUT2D eigenvalue weighted by molar-refractivity contribution is -0.109. The molecule has 0 aliphatic heterocycles. The number of hydrazine groups is 2. The second kappa shape index (κ2) is 10.5. The molecule has 160 valence electrons. The fourth-order valence-corrected chi connectivity index (χ4v) is 4.12. The number of nitrogens with two attached hydrogens (primary N) is 2. The van der Waals surface area contributed by atoms with E-state index in [0.717, 1.165) is 27.4 Å². The van der Waals surface area contributed by atoms with Crippen LogP contribution >= 0.6 is 11.3 Å². The molecule has 2 aromatic carbocycles. The quantitative estimate of drug-likeness (QED) is 0.184. The van der Waals surface area contributed by atoms with Gasteiger partial charge in [-0.25, -0.2) is 16.7 Å². The average molecular weight is 436 g/mol. The van der Waals surface area contributed by atoms with Crippen molar-refractivity contribution >= 4 is 33.5 Å². The highest BCUT2D eigenvalue weighted by atomic mass is 32.1. The maximum Gasteiger partial charge on any atom is 0.221 e. The summed E-state index contributed by atoms with van der Waals surface area (Å²) in [4.78, 5) is 14.8. The third kappa shape index (κ3) is 5.58. The molecule has 4 rings (SSSR count). The number of amides is 1. The molecule has 1 amide bonds. The van der Waals surface area contributed by atoms with Crippen LogP contribution in [-0.4, -0.2) is 18.4 Å². The number of aromatic nitrogens is 1. The monoisotopic (exact) mass is 435 g/mol. The van der Waals surface area contributed by atoms with Gasteiger partial charge in [0.15, 0.2) is 0 Å². The van der Waals surface area contributed by atoms with Gasteiger partial charge in [-0.15, -0.1) is 11.3 Å². The van der Waals surface area contributed by atoms with Crippen molar-refractivity contribution in [2.24, 2.45) is 11.7 Å². The second-order valence-electron chi connectivity index (χ2n) is 6.77. The highest BCUT2D eigenvalue weighted by Crippen LogP contribution is 2.33. The summed E-state index contributed by atoms with van der Waals surface area (Å²) in [6.07, 6.45) is 0.403. The van der Waals surface area contributed by atoms with Gasteiger partial charge in [-0.1, -0.05) is 36.4 Å². The molecular weight excluding hydrogens is 410 g/mol. The molecule has 0 aliphatic rings. The van der Waals surface area contributed by atoms with Crippen molar-refractivity contribution < 1.29 is 9.53 Å². The van der Waals surface area contributed by atoms with E-state index in [4.69, 9.17) is 20.4 Å². The molecule has 0 atom stereocenters. The van der Waals surface area contributed by atoms with Crippen LogP contribution in [0.25, 0.3) is 20.7 Å². The van der Waals surface area contributed by atoms with Gasteiger partial charge in [-0.05, 0) is 42.1 Å². The predicted molar refractivity (Wildman–Crippen MR) is 127 cm³/mol. The molecule has 0 saturated carbocycles. The highest BCUT2D eigenvalue weighted by Gasteiger charge is 2.10. The van der Waals surface area contributed by atoms with Gasteiger partial charge in [0.1, 0.15) is 6.61 Å². The summed E-state index contributed by atoms with van der Waals surface area (Å²) in [5, 5.41) is 2.85. The smallest absolute Gasteiger partial charge is 0.221 e. The van der Waals surface area contributed by atoms with Crippen LogP contribution in [-0.2, 0) is 11.4 Å². The van der Waals surface area contributed by atoms with E-state index < -0.39 is 0 Å². The number of carbonyl (C=O) groups is 1. The first kappa shape index (κ1) is 22.2. The van der Waals surface area contributed by atoms with Crippen LogP contribution in [0.4, 0.5) is 5.69 Å². The molecule has 2 heterocycles. The first-order valence-corrected chi connectivity index (χ1v) is 10.4. The number of benzene rings is 2. The minimum absolute atomic E-state index is 0.403. The Bertz CT molecular complexity index is 1130. The third-order valence-electron chi connectivity index (χ3n) is 4.60. The molecular formula is C23H25N5O2S. The Morgan fingerprint density at radius 2 is 1.87 bits per heavy atom. The minimum Gasteiger partial charge on any atom is -0.473 e. The normalized spacial score (nSPS) is 10.2. The van der Waals surface area contributed by atoms with Gasteiger partial charge >= 0.3 is 0 Å². The number of aryl methyl sites for hydroxylation is 1. The maximum absolute atomic E-state index is 8.94. The number of hydrogen-bond donors (Lipinski definition) is 3. The van der Waals surface area contributed by atoms with Crippen LogP contribution < -0.4 is 26.9 Å². The van der Waals surface area contributed by atoms with Gasteiger partial charge < -0.3 is 9.75 Å². The summed E-state index contributed by atoms with van der Waals surface area (Å²) in [6.45, 7) is 2.49. The number of pyridine rings is 1. The van der Waals surface area contributed by atoms with E-state index in [1.54, 1.807) is 21.8 Å². The summed E-state index contributed by atoms with van der Waals surface area (Å²) >= 11 is 1.74. The van der Waals surface area contributed by atoms with E-state index in [1.165, 1.54) is 10.1 Å². The number of nitrogens with zero attached hydrogens (tertiary/aromatic N) is 2. The summed E-state index contributed by atoms with van der Waals surface area (Å²) in [5.41, 5.74) is 5.84. The number of rotatable bonds is 6. The lowest BCUT2D eigenvalue weighted by atomic mass is 10.1. The van der Waals surface area contributed by atoms with Crippen LogP contribution in [0.2, 0.25) is 0 Å². The molecule has 0 aliphatic carbocycles. The lowest BCUT2D eigenvalue weighted by Crippen LogP contribution is -2.26. The van der Waals surface area contributed by atoms with Crippen LogP contribution in [0.1, 0.15) is 11.1 Å². The summed E-state index contributed by atoms with van der Waals surface area (Å²) in [5.74, 6) is 11.0. The van der Waals surface area contributed by atoms with Gasteiger partial charge in [0.05, 0.1) is 16.3 Å². The Kier molecular flexibility index (Phi) is 7.55. The number of fused-ring (bicyclic) bond motifs is 1. The van der Waals surface area contributed by atoms with Gasteiger partial charge in [0, 0.05) is 23.4 Å². The van der Waals surface area contributed by atoms with E-state index in [0.29, 0.717) is 18.9 Å². The number of thiophene rings is 1. The van der Waals surface area contributed by atoms with Gasteiger partial charge in [0.25, 0.3) is 0 Å². The molecule has 0 bridgehead atoms. The Morgan fingerprint density at radius 1 is 1.13 bits per heavy atom. The zero-order chi connectivity index (χ0) is 22.2. The zero-order valence-corrected chi connectivity index (χ0v) is 18.2. The fourth-order valence-electron chi connectivity index (χ4n) is 3.09. The van der Waals surface area contributed by atoms with Crippen molar-refractivity contribution in [3.63, 3.8) is 0 Å². The Balaban J connectivity index is 0.000000628. The average Bonchev–Trinajstić information content (AvgIpc) is 3.23. The second-order valence-corrected chi connectivity index (χ2v) is 7.85. The number of ether oxygens (including phenoxy) is 1. The Labute approximate surface area is 185 Å². The number of nitrogens with one attached hydrogen (secondary N) is 1. The largest absolute Gasteiger partial charge is 0.473 e. The lowest BCUT2D eigenvalue weighted by Gasteiger charge is -2.19. The van der Waals surface area contributed by atoms with Crippen LogP contribution in [0.5, 0.6) is 5.88 Å². The molecule has 0 fully saturated rings. The van der Waals surface area contributed by atoms with Gasteiger partial charge in [-0.3, -0.25) is 10.2 Å². The van der Waals surface area contributed by atoms with E-state index in [-0.39, 0.29) is 0 Å². The van der Waals surface area contributed by atoms with Crippen molar-refractivity contribution in [2.45, 2.75) is 13.5 Å². The number of carbonyl (C=O) groups excluding carboxylic acids is 1. The summed E-state index contributed by atoms with van der Waals surface area (Å²) in [6, 6.07) is 22.5. The Morgan fingerprint density at radius 3 is 2.58 bits per heavy atom. The zero-order valence-electron chi connectivity index (χ0n) is 17.4. The van der Waals surface area contributed by atoms with E-state index in [1.807, 2.05) is 37.4 Å². The SMILES string of the molecule is Cc1cccc(N(C)N)c1COc1cccc(-c2cc3ccccc3s2)n1.NNC=O. The topological polar surface area (TPSA) is 106 Å². The summed E-state index contributed by atoms with van der Waals surface area (Å²) < 4.78 is 7.27. The van der Waals surface area contributed by atoms with Crippen molar-refractivity contribution in [1.82, 2.24) is 10.4 Å². The van der Waals surface area contributed by atoms with E-state index in [2.05, 4.69) is 49.2 Å². The standard InChI is InChI=1S/C22H21N3OS.CH4N2O/c1-15-7-5-10-19(25(2)23)17(15)14-26-22-12-6-9-18(24-22)21-13-16-8-3-4-11-20(16)27-21;2-3-1-4/h3-13H,14,23H2,1-2H3;1H,2H2,(H,3,4). The summed E-state index contributed by atoms with van der Waals surface area (Å²) in [7, 11) is 1.83. The maximum atomic E-state index is 8.94. The third-order valence-corrected chi connectivity index (χ3v) is 5.74. The molecule has 7 nitrogen and oxygen atoms in total. The van der Waals surface area contributed by atoms with E-state index >= 15 is 0 Å². The number of anilines is 1. The van der Waals surface area contributed by atoms with Gasteiger partial charge in [0.2, 0.25) is 12.3 Å². The fraction of sp³-hybridized carbons (Fsp3) is 0.130. The molecule has 2 aromatic heterocycles. The minimum atomic E-state index is 0.403. The highest BCUT2D eigenvalue weighted by molar-refractivity contribution is 7.22.